The van der Waals surface area contributed by atoms with Gasteiger partial charge in [0.1, 0.15) is 0 Å². The first-order chi connectivity index (χ1) is 11.7. The molecule has 1 nitrogen and oxygen atoms in total. The van der Waals surface area contributed by atoms with Gasteiger partial charge in [-0.05, 0) is 66.8 Å². The van der Waals surface area contributed by atoms with E-state index in [1.165, 1.54) is 33.4 Å². The van der Waals surface area contributed by atoms with Gasteiger partial charge in [-0.2, -0.15) is 0 Å². The van der Waals surface area contributed by atoms with Gasteiger partial charge in [0, 0.05) is 17.4 Å². The Morgan fingerprint density at radius 3 is 2.62 bits per heavy atom. The van der Waals surface area contributed by atoms with Crippen molar-refractivity contribution in [2.45, 2.75) is 44.9 Å². The van der Waals surface area contributed by atoms with Crippen LogP contribution in [0.4, 0.5) is 0 Å². The molecule has 5 rings (SSSR count). The van der Waals surface area contributed by atoms with Crippen molar-refractivity contribution in [3.8, 4) is 0 Å². The molecular weight excluding hydrogens is 292 g/mol. The van der Waals surface area contributed by atoms with E-state index >= 15 is 0 Å². The predicted molar refractivity (Wildman–Crippen MR) is 96.7 cm³/mol. The summed E-state index contributed by atoms with van der Waals surface area (Å²) in [5, 5.41) is 0. The van der Waals surface area contributed by atoms with Gasteiger partial charge in [-0.1, -0.05) is 48.0 Å². The van der Waals surface area contributed by atoms with Gasteiger partial charge < -0.3 is 0 Å². The summed E-state index contributed by atoms with van der Waals surface area (Å²) in [4.78, 5) is 13.3. The maximum atomic E-state index is 13.3. The third kappa shape index (κ3) is 1.73. The molecule has 0 radical (unpaired) electrons. The second kappa shape index (κ2) is 4.92. The summed E-state index contributed by atoms with van der Waals surface area (Å²) < 4.78 is 0. The molecular formula is C23H22O. The van der Waals surface area contributed by atoms with Crippen LogP contribution >= 0.6 is 0 Å². The highest BCUT2D eigenvalue weighted by molar-refractivity contribution is 6.04. The van der Waals surface area contributed by atoms with Crippen LogP contribution in [-0.2, 0) is 6.42 Å². The number of ketones is 1. The molecule has 0 saturated carbocycles. The average Bonchev–Trinajstić information content (AvgIpc) is 2.91. The fraction of sp³-hybridized carbons (Fsp3) is 0.348. The Hall–Kier alpha value is -2.15. The zero-order valence-corrected chi connectivity index (χ0v) is 14.3. The maximum absolute atomic E-state index is 13.3. The molecule has 0 saturated heterocycles. The van der Waals surface area contributed by atoms with Crippen molar-refractivity contribution in [3.05, 3.63) is 81.4 Å². The Balaban J connectivity index is 1.73. The Morgan fingerprint density at radius 1 is 0.958 bits per heavy atom. The summed E-state index contributed by atoms with van der Waals surface area (Å²) in [6.45, 7) is 4.44. The lowest BCUT2D eigenvalue weighted by molar-refractivity contribution is 0.0903. The van der Waals surface area contributed by atoms with Gasteiger partial charge in [0.15, 0.2) is 5.78 Å². The largest absolute Gasteiger partial charge is 0.294 e. The minimum atomic E-state index is 0.113. The second-order valence-corrected chi connectivity index (χ2v) is 7.67. The van der Waals surface area contributed by atoms with E-state index in [0.717, 1.165) is 24.8 Å². The molecule has 3 aliphatic rings. The van der Waals surface area contributed by atoms with Gasteiger partial charge in [0.05, 0.1) is 0 Å². The number of hydrogen-bond donors (Lipinski definition) is 0. The normalized spacial score (nSPS) is 27.0. The zero-order valence-electron chi connectivity index (χ0n) is 14.3. The monoisotopic (exact) mass is 314 g/mol. The van der Waals surface area contributed by atoms with Crippen LogP contribution in [0.5, 0.6) is 0 Å². The van der Waals surface area contributed by atoms with Gasteiger partial charge in [-0.3, -0.25) is 4.79 Å². The lowest BCUT2D eigenvalue weighted by atomic mass is 9.63. The molecule has 0 fully saturated rings. The number of rotatable bonds is 0. The van der Waals surface area contributed by atoms with Crippen LogP contribution in [0.15, 0.2) is 48.0 Å². The van der Waals surface area contributed by atoms with Crippen molar-refractivity contribution in [1.29, 1.82) is 0 Å². The van der Waals surface area contributed by atoms with Gasteiger partial charge in [-0.15, -0.1) is 0 Å². The third-order valence-electron chi connectivity index (χ3n) is 6.54. The molecule has 2 aromatic rings. The standard InChI is InChI=1S/C23H22O/c1-13-7-8-14(2)20-16(13)11-9-15-10-12-18-17-5-3-4-6-19(17)23(24)22(18)21(15)20/h3-8,10,18,21-22H,9,11-12H2,1-2H3/t18-,21+,22+/m0/s1. The highest BCUT2D eigenvalue weighted by Gasteiger charge is 2.48. The molecule has 0 spiro atoms. The Morgan fingerprint density at radius 2 is 1.75 bits per heavy atom. The van der Waals surface area contributed by atoms with E-state index in [1.54, 1.807) is 0 Å². The van der Waals surface area contributed by atoms with Gasteiger partial charge in [0.2, 0.25) is 0 Å². The first-order valence-electron chi connectivity index (χ1n) is 9.08. The molecule has 0 bridgehead atoms. The molecule has 2 aromatic carbocycles. The molecule has 120 valence electrons. The number of aryl methyl sites for hydroxylation is 2. The summed E-state index contributed by atoms with van der Waals surface area (Å²) >= 11 is 0. The minimum absolute atomic E-state index is 0.113. The highest BCUT2D eigenvalue weighted by Crippen LogP contribution is 2.56. The number of benzene rings is 2. The van der Waals surface area contributed by atoms with Crippen LogP contribution in [0.1, 0.15) is 62.9 Å². The van der Waals surface area contributed by atoms with E-state index in [2.05, 4.69) is 44.2 Å². The summed E-state index contributed by atoms with van der Waals surface area (Å²) in [7, 11) is 0. The van der Waals surface area contributed by atoms with E-state index in [4.69, 9.17) is 0 Å². The zero-order chi connectivity index (χ0) is 16.4. The first kappa shape index (κ1) is 14.2. The lowest BCUT2D eigenvalue weighted by Crippen LogP contribution is -2.31. The molecule has 3 atom stereocenters. The van der Waals surface area contributed by atoms with Crippen LogP contribution in [0.2, 0.25) is 0 Å². The summed E-state index contributed by atoms with van der Waals surface area (Å²) in [6.07, 6.45) is 5.73. The van der Waals surface area contributed by atoms with E-state index < -0.39 is 0 Å². The van der Waals surface area contributed by atoms with E-state index in [9.17, 15) is 4.79 Å². The molecule has 0 aromatic heterocycles. The maximum Gasteiger partial charge on any atom is 0.167 e. The summed E-state index contributed by atoms with van der Waals surface area (Å²) in [5.41, 5.74) is 9.47. The number of fused-ring (bicyclic) bond motifs is 7. The van der Waals surface area contributed by atoms with Crippen LogP contribution in [0.3, 0.4) is 0 Å². The van der Waals surface area contributed by atoms with E-state index in [-0.39, 0.29) is 5.92 Å². The number of carbonyl (C=O) groups is 1. The van der Waals surface area contributed by atoms with Crippen LogP contribution in [0.25, 0.3) is 0 Å². The average molecular weight is 314 g/mol. The lowest BCUT2D eigenvalue weighted by Gasteiger charge is -2.40. The van der Waals surface area contributed by atoms with Crippen molar-refractivity contribution < 1.29 is 4.79 Å². The number of Topliss-reactive ketones (excluding diaryl/α,β-unsaturated/α-hetero) is 1. The number of allylic oxidation sites excluding steroid dienone is 2. The fourth-order valence-corrected chi connectivity index (χ4v) is 5.44. The molecule has 24 heavy (non-hydrogen) atoms. The van der Waals surface area contributed by atoms with Crippen molar-refractivity contribution in [1.82, 2.24) is 0 Å². The summed E-state index contributed by atoms with van der Waals surface area (Å²) in [6, 6.07) is 12.8. The van der Waals surface area contributed by atoms with E-state index in [0.29, 0.717) is 17.6 Å². The fourth-order valence-electron chi connectivity index (χ4n) is 5.44. The topological polar surface area (TPSA) is 17.1 Å². The van der Waals surface area contributed by atoms with Crippen LogP contribution in [0, 0.1) is 19.8 Å². The SMILES string of the molecule is Cc1ccc(C)c2c1CCC1=CC[C@H]3c4ccccc4C(=O)[C@H]3[C@H]12. The van der Waals surface area contributed by atoms with Crippen LogP contribution in [-0.4, -0.2) is 5.78 Å². The van der Waals surface area contributed by atoms with Crippen LogP contribution < -0.4 is 0 Å². The Bertz CT molecular complexity index is 902. The van der Waals surface area contributed by atoms with Gasteiger partial charge in [0.25, 0.3) is 0 Å². The smallest absolute Gasteiger partial charge is 0.167 e. The Labute approximate surface area is 143 Å². The Kier molecular flexibility index (Phi) is 2.92. The molecule has 0 unspecified atom stereocenters. The molecule has 0 amide bonds. The molecule has 0 N–H and O–H groups in total. The number of carbonyl (C=O) groups excluding carboxylic acids is 1. The van der Waals surface area contributed by atoms with E-state index in [1.807, 2.05) is 12.1 Å². The first-order valence-corrected chi connectivity index (χ1v) is 9.08. The molecule has 1 heteroatoms. The molecule has 3 aliphatic carbocycles. The highest BCUT2D eigenvalue weighted by atomic mass is 16.1. The van der Waals surface area contributed by atoms with Gasteiger partial charge in [-0.25, -0.2) is 0 Å². The third-order valence-corrected chi connectivity index (χ3v) is 6.54. The van der Waals surface area contributed by atoms with Crippen molar-refractivity contribution >= 4 is 5.78 Å². The predicted octanol–water partition coefficient (Wildman–Crippen LogP) is 5.26. The van der Waals surface area contributed by atoms with Gasteiger partial charge >= 0.3 is 0 Å². The quantitative estimate of drug-likeness (QED) is 0.606. The van der Waals surface area contributed by atoms with Crippen molar-refractivity contribution in [2.75, 3.05) is 0 Å². The molecule has 0 aliphatic heterocycles. The molecule has 0 heterocycles. The van der Waals surface area contributed by atoms with Crippen molar-refractivity contribution in [3.63, 3.8) is 0 Å². The second-order valence-electron chi connectivity index (χ2n) is 7.67. The van der Waals surface area contributed by atoms with Crippen molar-refractivity contribution in [2.24, 2.45) is 5.92 Å². The summed E-state index contributed by atoms with van der Waals surface area (Å²) in [5.74, 6) is 1.16. The minimum Gasteiger partial charge on any atom is -0.294 e. The number of hydrogen-bond acceptors (Lipinski definition) is 1.